The summed E-state index contributed by atoms with van der Waals surface area (Å²) in [6.45, 7) is 12.8. The number of rotatable bonds is 9. The molecule has 0 amide bonds. The molecular formula is C24H35NO4. The van der Waals surface area contributed by atoms with Crippen LogP contribution in [0.15, 0.2) is 42.0 Å². The summed E-state index contributed by atoms with van der Waals surface area (Å²) in [6, 6.07) is 9.75. The van der Waals surface area contributed by atoms with Gasteiger partial charge in [0.1, 0.15) is 0 Å². The number of allylic oxidation sites excluding steroid dienone is 1. The van der Waals surface area contributed by atoms with E-state index in [9.17, 15) is 9.59 Å². The molecule has 0 bridgehead atoms. The molecule has 1 aliphatic rings. The van der Waals surface area contributed by atoms with Gasteiger partial charge in [-0.25, -0.2) is 0 Å². The lowest BCUT2D eigenvalue weighted by Crippen LogP contribution is -2.56. The summed E-state index contributed by atoms with van der Waals surface area (Å²) in [5, 5.41) is 0. The van der Waals surface area contributed by atoms with Crippen LogP contribution in [0.2, 0.25) is 0 Å². The Hall–Kier alpha value is -2.14. The number of hydrogen-bond donors (Lipinski definition) is 0. The van der Waals surface area contributed by atoms with Crippen LogP contribution in [-0.4, -0.2) is 48.2 Å². The van der Waals surface area contributed by atoms with E-state index in [0.29, 0.717) is 12.8 Å². The molecule has 0 aromatic heterocycles. The summed E-state index contributed by atoms with van der Waals surface area (Å²) in [5.74, 6) is -0.983. The van der Waals surface area contributed by atoms with E-state index in [1.54, 1.807) is 27.7 Å². The molecule has 0 fully saturated rings. The highest BCUT2D eigenvalue weighted by atomic mass is 16.6. The Kier molecular flexibility index (Phi) is 8.03. The maximum Gasteiger partial charge on any atom is 0.326 e. The van der Waals surface area contributed by atoms with Gasteiger partial charge in [-0.05, 0) is 59.2 Å². The molecular weight excluding hydrogens is 366 g/mol. The monoisotopic (exact) mass is 401 g/mol. The van der Waals surface area contributed by atoms with Gasteiger partial charge in [0.15, 0.2) is 5.41 Å². The second-order valence-electron chi connectivity index (χ2n) is 8.15. The van der Waals surface area contributed by atoms with Gasteiger partial charge in [0.05, 0.1) is 18.2 Å². The van der Waals surface area contributed by atoms with Crippen molar-refractivity contribution in [2.24, 2.45) is 5.41 Å². The maximum absolute atomic E-state index is 13.4. The fourth-order valence-corrected chi connectivity index (χ4v) is 4.08. The summed E-state index contributed by atoms with van der Waals surface area (Å²) >= 11 is 0. The molecule has 1 unspecified atom stereocenters. The lowest BCUT2D eigenvalue weighted by molar-refractivity contribution is -0.180. The minimum absolute atomic E-state index is 0.299. The van der Waals surface area contributed by atoms with Gasteiger partial charge >= 0.3 is 11.9 Å². The highest BCUT2D eigenvalue weighted by Gasteiger charge is 2.60. The Morgan fingerprint density at radius 2 is 1.52 bits per heavy atom. The van der Waals surface area contributed by atoms with E-state index < -0.39 is 17.4 Å². The average molecular weight is 402 g/mol. The van der Waals surface area contributed by atoms with Crippen LogP contribution in [0.3, 0.4) is 0 Å². The average Bonchev–Trinajstić information content (AvgIpc) is 3.03. The van der Waals surface area contributed by atoms with Gasteiger partial charge < -0.3 is 9.47 Å². The maximum atomic E-state index is 13.4. The smallest absolute Gasteiger partial charge is 0.326 e. The number of benzene rings is 1. The highest BCUT2D eigenvalue weighted by molar-refractivity contribution is 6.02. The van der Waals surface area contributed by atoms with Crippen LogP contribution in [0.5, 0.6) is 0 Å². The van der Waals surface area contributed by atoms with E-state index >= 15 is 0 Å². The standard InChI is InChI=1S/C24H35NO4/c1-7-25(8-2)21-20(16-19-12-10-9-11-13-19)14-15-24(21,22(26)28-17(3)4)23(27)29-18(5)6/h9-14,17-18,21H,7-8,15-16H2,1-6H3. The Morgan fingerprint density at radius 1 is 1.00 bits per heavy atom. The molecule has 1 aromatic carbocycles. The number of esters is 2. The van der Waals surface area contributed by atoms with Crippen LogP contribution in [-0.2, 0) is 25.5 Å². The van der Waals surface area contributed by atoms with E-state index in [1.807, 2.05) is 38.1 Å². The van der Waals surface area contributed by atoms with E-state index in [2.05, 4.69) is 17.0 Å². The van der Waals surface area contributed by atoms with Gasteiger partial charge in [-0.15, -0.1) is 0 Å². The number of carbonyl (C=O) groups is 2. The first-order chi connectivity index (χ1) is 13.8. The van der Waals surface area contributed by atoms with E-state index in [1.165, 1.54) is 0 Å². The van der Waals surface area contributed by atoms with Crippen LogP contribution < -0.4 is 0 Å². The molecule has 2 rings (SSSR count). The first-order valence-electron chi connectivity index (χ1n) is 10.6. The zero-order valence-electron chi connectivity index (χ0n) is 18.6. The van der Waals surface area contributed by atoms with Gasteiger partial charge in [0.25, 0.3) is 0 Å². The molecule has 5 nitrogen and oxygen atoms in total. The molecule has 0 aliphatic heterocycles. The fraction of sp³-hybridized carbons (Fsp3) is 0.583. The molecule has 5 heteroatoms. The molecule has 1 atom stereocenters. The second kappa shape index (κ2) is 10.1. The van der Waals surface area contributed by atoms with Gasteiger partial charge in [0.2, 0.25) is 0 Å². The molecule has 0 heterocycles. The van der Waals surface area contributed by atoms with Gasteiger partial charge in [-0.1, -0.05) is 55.8 Å². The van der Waals surface area contributed by atoms with E-state index in [4.69, 9.17) is 9.47 Å². The summed E-state index contributed by atoms with van der Waals surface area (Å²) < 4.78 is 11.2. The topological polar surface area (TPSA) is 55.8 Å². The fourth-order valence-electron chi connectivity index (χ4n) is 4.08. The van der Waals surface area contributed by atoms with E-state index in [-0.39, 0.29) is 18.2 Å². The van der Waals surface area contributed by atoms with Gasteiger partial charge in [-0.2, -0.15) is 0 Å². The third-order valence-electron chi connectivity index (χ3n) is 5.35. The molecule has 0 N–H and O–H groups in total. The lowest BCUT2D eigenvalue weighted by Gasteiger charge is -2.40. The minimum Gasteiger partial charge on any atom is -0.462 e. The van der Waals surface area contributed by atoms with Crippen LogP contribution in [0, 0.1) is 5.41 Å². The van der Waals surface area contributed by atoms with Crippen molar-refractivity contribution >= 4 is 11.9 Å². The number of hydrogen-bond acceptors (Lipinski definition) is 5. The molecule has 0 saturated carbocycles. The largest absolute Gasteiger partial charge is 0.462 e. The predicted molar refractivity (Wildman–Crippen MR) is 114 cm³/mol. The Labute approximate surface area is 175 Å². The molecule has 1 aromatic rings. The SMILES string of the molecule is CCN(CC)C1C(Cc2ccccc2)=CCC1(C(=O)OC(C)C)C(=O)OC(C)C. The van der Waals surface area contributed by atoms with Crippen molar-refractivity contribution in [3.8, 4) is 0 Å². The second-order valence-corrected chi connectivity index (χ2v) is 8.15. The van der Waals surface area contributed by atoms with Crippen molar-refractivity contribution < 1.29 is 19.1 Å². The summed E-state index contributed by atoms with van der Waals surface area (Å²) in [4.78, 5) is 28.9. The molecule has 0 saturated heterocycles. The first-order valence-corrected chi connectivity index (χ1v) is 10.6. The molecule has 0 radical (unpaired) electrons. The van der Waals surface area contributed by atoms with Crippen LogP contribution in [0.4, 0.5) is 0 Å². The van der Waals surface area contributed by atoms with E-state index in [0.717, 1.165) is 24.2 Å². The number of nitrogens with zero attached hydrogens (tertiary/aromatic N) is 1. The van der Waals surface area contributed by atoms with Crippen LogP contribution in [0.25, 0.3) is 0 Å². The van der Waals surface area contributed by atoms with Crippen LogP contribution in [0.1, 0.15) is 53.5 Å². The Bertz CT molecular complexity index is 698. The third-order valence-corrected chi connectivity index (χ3v) is 5.35. The third kappa shape index (κ3) is 5.08. The van der Waals surface area contributed by atoms with Crippen molar-refractivity contribution in [2.45, 2.75) is 72.6 Å². The summed E-state index contributed by atoms with van der Waals surface area (Å²) in [5.41, 5.74) is 0.854. The number of ether oxygens (including phenoxy) is 2. The van der Waals surface area contributed by atoms with Gasteiger partial charge in [-0.3, -0.25) is 14.5 Å². The molecule has 160 valence electrons. The minimum atomic E-state index is -1.37. The molecule has 29 heavy (non-hydrogen) atoms. The van der Waals surface area contributed by atoms with Crippen LogP contribution >= 0.6 is 0 Å². The quantitative estimate of drug-likeness (QED) is 0.353. The van der Waals surface area contributed by atoms with Crippen molar-refractivity contribution in [3.05, 3.63) is 47.5 Å². The number of carbonyl (C=O) groups excluding carboxylic acids is 2. The van der Waals surface area contributed by atoms with Crippen molar-refractivity contribution in [1.29, 1.82) is 0 Å². The summed E-state index contributed by atoms with van der Waals surface area (Å²) in [7, 11) is 0. The number of likely N-dealkylation sites (N-methyl/N-ethyl adjacent to an activating group) is 1. The Morgan fingerprint density at radius 3 is 1.97 bits per heavy atom. The van der Waals surface area contributed by atoms with Crippen molar-refractivity contribution in [1.82, 2.24) is 4.90 Å². The Balaban J connectivity index is 2.51. The molecule has 1 aliphatic carbocycles. The first kappa shape index (κ1) is 23.1. The zero-order valence-corrected chi connectivity index (χ0v) is 18.6. The highest BCUT2D eigenvalue weighted by Crippen LogP contribution is 2.45. The van der Waals surface area contributed by atoms with Crippen molar-refractivity contribution in [3.63, 3.8) is 0 Å². The lowest BCUT2D eigenvalue weighted by atomic mass is 9.77. The zero-order chi connectivity index (χ0) is 21.6. The predicted octanol–water partition coefficient (Wildman–Crippen LogP) is 4.16. The molecule has 0 spiro atoms. The summed E-state index contributed by atoms with van der Waals surface area (Å²) in [6.07, 6.45) is 2.42. The normalized spacial score (nSPS) is 18.2. The van der Waals surface area contributed by atoms with Gasteiger partial charge in [0, 0.05) is 0 Å². The van der Waals surface area contributed by atoms with Crippen molar-refractivity contribution in [2.75, 3.05) is 13.1 Å².